The first-order valence-corrected chi connectivity index (χ1v) is 5.49. The lowest BCUT2D eigenvalue weighted by molar-refractivity contribution is 0.0596. The van der Waals surface area contributed by atoms with Crippen LogP contribution in [-0.2, 0) is 4.74 Å². The number of benzene rings is 1. The smallest absolute Gasteiger partial charge is 0.341 e. The van der Waals surface area contributed by atoms with E-state index in [9.17, 15) is 9.90 Å². The second kappa shape index (κ2) is 5.05. The summed E-state index contributed by atoms with van der Waals surface area (Å²) in [5.41, 5.74) is 0.121. The number of rotatable bonds is 3. The van der Waals surface area contributed by atoms with Gasteiger partial charge in [-0.05, 0) is 31.2 Å². The number of hydrogen-bond acceptors (Lipinski definition) is 5. The van der Waals surface area contributed by atoms with Crippen LogP contribution in [-0.4, -0.2) is 37.4 Å². The number of ether oxygens (including phenoxy) is 2. The maximum atomic E-state index is 11.4. The molecular weight excluding hydrogens is 222 g/mol. The van der Waals surface area contributed by atoms with Crippen molar-refractivity contribution >= 4 is 5.97 Å². The monoisotopic (exact) mass is 237 g/mol. The minimum Gasteiger partial charge on any atom is -0.507 e. The minimum atomic E-state index is -0.572. The van der Waals surface area contributed by atoms with Gasteiger partial charge in [0.1, 0.15) is 23.2 Å². The van der Waals surface area contributed by atoms with Crippen molar-refractivity contribution in [1.29, 1.82) is 0 Å². The van der Waals surface area contributed by atoms with Crippen molar-refractivity contribution in [3.05, 3.63) is 23.8 Å². The summed E-state index contributed by atoms with van der Waals surface area (Å²) in [6.45, 7) is 1.74. The standard InChI is InChI=1S/C12H15NO4/c1-16-12(15)10-6-8(2-3-11(10)14)17-9-4-5-13-7-9/h2-3,6,9,13-14H,4-5,7H2,1H3. The SMILES string of the molecule is COC(=O)c1cc(OC2CCNC2)ccc1O. The van der Waals surface area contributed by atoms with Gasteiger partial charge in [-0.15, -0.1) is 0 Å². The normalized spacial score (nSPS) is 19.0. The van der Waals surface area contributed by atoms with Crippen LogP contribution in [0, 0.1) is 0 Å². The minimum absolute atomic E-state index is 0.103. The van der Waals surface area contributed by atoms with Crippen LogP contribution in [0.15, 0.2) is 18.2 Å². The Balaban J connectivity index is 2.15. The summed E-state index contributed by atoms with van der Waals surface area (Å²) in [6, 6.07) is 4.57. The van der Waals surface area contributed by atoms with Crippen LogP contribution in [0.4, 0.5) is 0 Å². The van der Waals surface area contributed by atoms with E-state index >= 15 is 0 Å². The Morgan fingerprint density at radius 1 is 1.53 bits per heavy atom. The maximum absolute atomic E-state index is 11.4. The molecule has 1 unspecified atom stereocenters. The summed E-state index contributed by atoms with van der Waals surface area (Å²) in [5.74, 6) is -0.108. The number of nitrogens with one attached hydrogen (secondary N) is 1. The van der Waals surface area contributed by atoms with Gasteiger partial charge in [0.15, 0.2) is 0 Å². The number of methoxy groups -OCH3 is 1. The molecule has 0 amide bonds. The zero-order valence-electron chi connectivity index (χ0n) is 9.60. The summed E-state index contributed by atoms with van der Waals surface area (Å²) in [5, 5.41) is 12.7. The molecule has 92 valence electrons. The van der Waals surface area contributed by atoms with Crippen LogP contribution < -0.4 is 10.1 Å². The average molecular weight is 237 g/mol. The number of phenolic OH excluding ortho intramolecular Hbond substituents is 1. The highest BCUT2D eigenvalue weighted by molar-refractivity contribution is 5.92. The lowest BCUT2D eigenvalue weighted by Crippen LogP contribution is -2.19. The third-order valence-corrected chi connectivity index (χ3v) is 2.69. The van der Waals surface area contributed by atoms with E-state index in [1.165, 1.54) is 19.2 Å². The predicted octanol–water partition coefficient (Wildman–Crippen LogP) is 0.919. The fourth-order valence-corrected chi connectivity index (χ4v) is 1.78. The number of aromatic hydroxyl groups is 1. The van der Waals surface area contributed by atoms with Crippen LogP contribution in [0.1, 0.15) is 16.8 Å². The topological polar surface area (TPSA) is 67.8 Å². The van der Waals surface area contributed by atoms with E-state index in [1.54, 1.807) is 6.07 Å². The van der Waals surface area contributed by atoms with Gasteiger partial charge in [-0.2, -0.15) is 0 Å². The summed E-state index contributed by atoms with van der Waals surface area (Å²) in [6.07, 6.45) is 1.05. The molecule has 0 aliphatic carbocycles. The summed E-state index contributed by atoms with van der Waals surface area (Å²) in [4.78, 5) is 11.4. The molecule has 1 aliphatic rings. The molecule has 1 aliphatic heterocycles. The lowest BCUT2D eigenvalue weighted by Gasteiger charge is -2.13. The Labute approximate surface area is 99.3 Å². The zero-order chi connectivity index (χ0) is 12.3. The van der Waals surface area contributed by atoms with Gasteiger partial charge < -0.3 is 19.9 Å². The second-order valence-electron chi connectivity index (χ2n) is 3.90. The molecule has 0 spiro atoms. The van der Waals surface area contributed by atoms with E-state index < -0.39 is 5.97 Å². The van der Waals surface area contributed by atoms with E-state index in [0.717, 1.165) is 19.5 Å². The first-order chi connectivity index (χ1) is 8.20. The highest BCUT2D eigenvalue weighted by Crippen LogP contribution is 2.25. The van der Waals surface area contributed by atoms with Gasteiger partial charge in [-0.3, -0.25) is 0 Å². The van der Waals surface area contributed by atoms with Gasteiger partial charge in [0.05, 0.1) is 7.11 Å². The van der Waals surface area contributed by atoms with Crippen LogP contribution in [0.25, 0.3) is 0 Å². The van der Waals surface area contributed by atoms with E-state index in [-0.39, 0.29) is 17.4 Å². The van der Waals surface area contributed by atoms with Gasteiger partial charge in [0, 0.05) is 6.54 Å². The zero-order valence-corrected chi connectivity index (χ0v) is 9.60. The highest BCUT2D eigenvalue weighted by atomic mass is 16.5. The molecular formula is C12H15NO4. The van der Waals surface area contributed by atoms with Gasteiger partial charge in [-0.1, -0.05) is 0 Å². The molecule has 1 saturated heterocycles. The molecule has 1 heterocycles. The van der Waals surface area contributed by atoms with Crippen LogP contribution in [0.3, 0.4) is 0 Å². The predicted molar refractivity (Wildman–Crippen MR) is 61.3 cm³/mol. The summed E-state index contributed by atoms with van der Waals surface area (Å²) < 4.78 is 10.3. The van der Waals surface area contributed by atoms with Crippen molar-refractivity contribution in [2.24, 2.45) is 0 Å². The molecule has 1 fully saturated rings. The summed E-state index contributed by atoms with van der Waals surface area (Å²) >= 11 is 0. The molecule has 5 heteroatoms. The highest BCUT2D eigenvalue weighted by Gasteiger charge is 2.18. The number of carbonyl (C=O) groups excluding carboxylic acids is 1. The molecule has 5 nitrogen and oxygen atoms in total. The summed E-state index contributed by atoms with van der Waals surface area (Å²) in [7, 11) is 1.27. The Morgan fingerprint density at radius 3 is 3.00 bits per heavy atom. The van der Waals surface area contributed by atoms with E-state index in [2.05, 4.69) is 10.1 Å². The van der Waals surface area contributed by atoms with Gasteiger partial charge in [0.2, 0.25) is 0 Å². The van der Waals surface area contributed by atoms with E-state index in [0.29, 0.717) is 5.75 Å². The molecule has 0 saturated carbocycles. The van der Waals surface area contributed by atoms with Gasteiger partial charge in [-0.25, -0.2) is 4.79 Å². The molecule has 2 rings (SSSR count). The maximum Gasteiger partial charge on any atom is 0.341 e. The molecule has 1 atom stereocenters. The third kappa shape index (κ3) is 2.68. The number of esters is 1. The second-order valence-corrected chi connectivity index (χ2v) is 3.90. The number of phenols is 1. The van der Waals surface area contributed by atoms with Crippen molar-refractivity contribution in [3.8, 4) is 11.5 Å². The third-order valence-electron chi connectivity index (χ3n) is 2.69. The van der Waals surface area contributed by atoms with Crippen molar-refractivity contribution in [2.45, 2.75) is 12.5 Å². The van der Waals surface area contributed by atoms with Crippen LogP contribution in [0.5, 0.6) is 11.5 Å². The molecule has 0 aromatic heterocycles. The van der Waals surface area contributed by atoms with Crippen LogP contribution in [0.2, 0.25) is 0 Å². The molecule has 2 N–H and O–H groups in total. The first-order valence-electron chi connectivity index (χ1n) is 5.49. The van der Waals surface area contributed by atoms with Crippen molar-refractivity contribution in [3.63, 3.8) is 0 Å². The molecule has 1 aromatic carbocycles. The first kappa shape index (κ1) is 11.7. The van der Waals surface area contributed by atoms with Crippen molar-refractivity contribution in [2.75, 3.05) is 20.2 Å². The molecule has 17 heavy (non-hydrogen) atoms. The average Bonchev–Trinajstić information content (AvgIpc) is 2.83. The Bertz CT molecular complexity index is 413. The van der Waals surface area contributed by atoms with E-state index in [4.69, 9.17) is 4.74 Å². The van der Waals surface area contributed by atoms with E-state index in [1.807, 2.05) is 0 Å². The van der Waals surface area contributed by atoms with Gasteiger partial charge in [0.25, 0.3) is 0 Å². The van der Waals surface area contributed by atoms with Crippen molar-refractivity contribution in [1.82, 2.24) is 5.32 Å². The Morgan fingerprint density at radius 2 is 2.35 bits per heavy atom. The quantitative estimate of drug-likeness (QED) is 0.765. The largest absolute Gasteiger partial charge is 0.507 e. The Hall–Kier alpha value is -1.75. The Kier molecular flexibility index (Phi) is 3.49. The fraction of sp³-hybridized carbons (Fsp3) is 0.417. The van der Waals surface area contributed by atoms with Gasteiger partial charge >= 0.3 is 5.97 Å². The fourth-order valence-electron chi connectivity index (χ4n) is 1.78. The molecule has 0 bridgehead atoms. The lowest BCUT2D eigenvalue weighted by atomic mass is 10.2. The van der Waals surface area contributed by atoms with Crippen LogP contribution >= 0.6 is 0 Å². The molecule has 0 radical (unpaired) electrons. The number of hydrogen-bond donors (Lipinski definition) is 2. The molecule has 1 aromatic rings. The number of carbonyl (C=O) groups is 1. The van der Waals surface area contributed by atoms with Crippen molar-refractivity contribution < 1.29 is 19.4 Å².